The number of aromatic nitrogens is 6. The van der Waals surface area contributed by atoms with E-state index >= 15 is 0 Å². The molecule has 32 heavy (non-hydrogen) atoms. The number of hydrogen-bond donors (Lipinski definition) is 1. The lowest BCUT2D eigenvalue weighted by molar-refractivity contribution is -0.125. The van der Waals surface area contributed by atoms with Gasteiger partial charge in [-0.15, -0.1) is 21.5 Å². The van der Waals surface area contributed by atoms with E-state index in [9.17, 15) is 4.79 Å². The zero-order chi connectivity index (χ0) is 21.8. The lowest BCUT2D eigenvalue weighted by Crippen LogP contribution is -2.43. The highest BCUT2D eigenvalue weighted by Gasteiger charge is 2.26. The van der Waals surface area contributed by atoms with Crippen LogP contribution < -0.4 is 10.2 Å². The minimum Gasteiger partial charge on any atom is -0.354 e. The molecule has 0 radical (unpaired) electrons. The number of piperidine rings is 1. The fraction of sp³-hybridized carbons (Fsp3) is 0.273. The summed E-state index contributed by atoms with van der Waals surface area (Å²) in [5.74, 6) is 1.33. The van der Waals surface area contributed by atoms with Crippen molar-refractivity contribution in [3.8, 4) is 16.4 Å². The molecule has 1 fully saturated rings. The molecule has 5 rings (SSSR count). The molecule has 4 heterocycles. The highest BCUT2D eigenvalue weighted by molar-refractivity contribution is 7.13. The highest BCUT2D eigenvalue weighted by Crippen LogP contribution is 2.24. The van der Waals surface area contributed by atoms with Gasteiger partial charge in [-0.25, -0.2) is 14.6 Å². The van der Waals surface area contributed by atoms with Crippen molar-refractivity contribution in [3.05, 3.63) is 66.2 Å². The Morgan fingerprint density at radius 2 is 1.97 bits per heavy atom. The van der Waals surface area contributed by atoms with Crippen LogP contribution in [0.1, 0.15) is 18.5 Å². The number of carbonyl (C=O) groups is 1. The van der Waals surface area contributed by atoms with Crippen LogP contribution in [0.3, 0.4) is 0 Å². The van der Waals surface area contributed by atoms with Gasteiger partial charge in [0.05, 0.1) is 18.2 Å². The number of hydrogen-bond acceptors (Lipinski definition) is 8. The molecule has 0 bridgehead atoms. The van der Waals surface area contributed by atoms with Crippen molar-refractivity contribution in [2.75, 3.05) is 18.0 Å². The van der Waals surface area contributed by atoms with Gasteiger partial charge in [-0.3, -0.25) is 4.79 Å². The molecule has 1 aliphatic heterocycles. The minimum absolute atomic E-state index is 0.0520. The van der Waals surface area contributed by atoms with E-state index in [-0.39, 0.29) is 11.8 Å². The fourth-order valence-corrected chi connectivity index (χ4v) is 4.58. The lowest BCUT2D eigenvalue weighted by Gasteiger charge is -2.32. The molecule has 1 saturated heterocycles. The number of anilines is 1. The number of nitrogens with zero attached hydrogens (tertiary/aromatic N) is 7. The highest BCUT2D eigenvalue weighted by atomic mass is 32.1. The fourth-order valence-electron chi connectivity index (χ4n) is 3.76. The van der Waals surface area contributed by atoms with Crippen LogP contribution in [-0.2, 0) is 11.3 Å². The third-order valence-electron chi connectivity index (χ3n) is 5.42. The van der Waals surface area contributed by atoms with Crippen molar-refractivity contribution in [2.24, 2.45) is 5.92 Å². The predicted molar refractivity (Wildman–Crippen MR) is 121 cm³/mol. The monoisotopic (exact) mass is 446 g/mol. The third-order valence-corrected chi connectivity index (χ3v) is 6.36. The molecule has 4 aromatic rings. The van der Waals surface area contributed by atoms with Gasteiger partial charge < -0.3 is 10.2 Å². The summed E-state index contributed by atoms with van der Waals surface area (Å²) in [4.78, 5) is 23.5. The molecule has 3 aromatic heterocycles. The molecule has 1 amide bonds. The molecule has 0 spiro atoms. The smallest absolute Gasteiger partial charge is 0.225 e. The Bertz CT molecular complexity index is 1160. The average Bonchev–Trinajstić information content (AvgIpc) is 3.56. The standard InChI is InChI=1S/C22H22N8OS/c31-21(24-11-18-13-32-22(26-18)16-5-2-1-3-6-16)17-7-4-10-29(12-17)19-8-9-20(28-27-19)30-15-23-14-25-30/h1-3,5-6,8-9,13-15,17H,4,7,10-12H2,(H,24,31). The Morgan fingerprint density at radius 1 is 1.12 bits per heavy atom. The van der Waals surface area contributed by atoms with Crippen LogP contribution >= 0.6 is 11.3 Å². The van der Waals surface area contributed by atoms with Gasteiger partial charge in [0, 0.05) is 24.0 Å². The molecule has 9 nitrogen and oxygen atoms in total. The first-order valence-corrected chi connectivity index (χ1v) is 11.4. The summed E-state index contributed by atoms with van der Waals surface area (Å²) in [6.07, 6.45) is 4.83. The maximum Gasteiger partial charge on any atom is 0.225 e. The van der Waals surface area contributed by atoms with Gasteiger partial charge in [-0.05, 0) is 25.0 Å². The second kappa shape index (κ2) is 9.23. The molecule has 1 atom stereocenters. The lowest BCUT2D eigenvalue weighted by atomic mass is 9.97. The molecule has 1 unspecified atom stereocenters. The summed E-state index contributed by atoms with van der Waals surface area (Å²) in [7, 11) is 0. The van der Waals surface area contributed by atoms with E-state index < -0.39 is 0 Å². The summed E-state index contributed by atoms with van der Waals surface area (Å²) < 4.78 is 1.56. The quantitative estimate of drug-likeness (QED) is 0.486. The predicted octanol–water partition coefficient (Wildman–Crippen LogP) is 2.71. The largest absolute Gasteiger partial charge is 0.354 e. The van der Waals surface area contributed by atoms with Gasteiger partial charge in [0.25, 0.3) is 0 Å². The number of rotatable bonds is 6. The molecular formula is C22H22N8OS. The summed E-state index contributed by atoms with van der Waals surface area (Å²) in [5.41, 5.74) is 1.97. The summed E-state index contributed by atoms with van der Waals surface area (Å²) in [5, 5.41) is 18.6. The van der Waals surface area contributed by atoms with Crippen LogP contribution in [0, 0.1) is 5.92 Å². The van der Waals surface area contributed by atoms with E-state index in [2.05, 4.69) is 35.5 Å². The Balaban J connectivity index is 1.17. The van der Waals surface area contributed by atoms with Crippen LogP contribution in [0.5, 0.6) is 0 Å². The summed E-state index contributed by atoms with van der Waals surface area (Å²) in [6.45, 7) is 1.91. The molecule has 1 aliphatic rings. The molecule has 10 heteroatoms. The topological polar surface area (TPSA) is 102 Å². The van der Waals surface area contributed by atoms with Crippen molar-refractivity contribution >= 4 is 23.1 Å². The van der Waals surface area contributed by atoms with E-state index in [1.807, 2.05) is 47.8 Å². The van der Waals surface area contributed by atoms with Gasteiger partial charge in [-0.2, -0.15) is 5.10 Å². The van der Waals surface area contributed by atoms with Crippen molar-refractivity contribution in [2.45, 2.75) is 19.4 Å². The van der Waals surface area contributed by atoms with Crippen LogP contribution in [0.25, 0.3) is 16.4 Å². The van der Waals surface area contributed by atoms with Crippen molar-refractivity contribution in [1.29, 1.82) is 0 Å². The normalized spacial score (nSPS) is 16.1. The molecule has 0 saturated carbocycles. The van der Waals surface area contributed by atoms with E-state index in [1.54, 1.807) is 22.3 Å². The van der Waals surface area contributed by atoms with Crippen molar-refractivity contribution in [3.63, 3.8) is 0 Å². The molecule has 0 aliphatic carbocycles. The zero-order valence-electron chi connectivity index (χ0n) is 17.3. The Morgan fingerprint density at radius 3 is 2.75 bits per heavy atom. The first-order chi connectivity index (χ1) is 15.8. The van der Waals surface area contributed by atoms with E-state index in [0.29, 0.717) is 18.9 Å². The van der Waals surface area contributed by atoms with Gasteiger partial charge in [0.15, 0.2) is 11.6 Å². The Hall–Kier alpha value is -3.66. The average molecular weight is 447 g/mol. The minimum atomic E-state index is -0.0900. The molecule has 1 N–H and O–H groups in total. The van der Waals surface area contributed by atoms with Crippen molar-refractivity contribution < 1.29 is 4.79 Å². The molecule has 162 valence electrons. The van der Waals surface area contributed by atoms with Crippen LogP contribution in [0.4, 0.5) is 5.82 Å². The van der Waals surface area contributed by atoms with Gasteiger partial charge >= 0.3 is 0 Å². The number of benzene rings is 1. The third kappa shape index (κ3) is 4.50. The number of amides is 1. The summed E-state index contributed by atoms with van der Waals surface area (Å²) >= 11 is 1.59. The van der Waals surface area contributed by atoms with E-state index in [1.165, 1.54) is 6.33 Å². The van der Waals surface area contributed by atoms with Crippen LogP contribution in [0.2, 0.25) is 0 Å². The number of thiazole rings is 1. The zero-order valence-corrected chi connectivity index (χ0v) is 18.1. The molecule has 1 aromatic carbocycles. The van der Waals surface area contributed by atoms with Gasteiger partial charge in [-0.1, -0.05) is 30.3 Å². The van der Waals surface area contributed by atoms with E-state index in [0.717, 1.165) is 41.5 Å². The van der Waals surface area contributed by atoms with Gasteiger partial charge in [0.2, 0.25) is 5.91 Å². The maximum absolute atomic E-state index is 12.8. The second-order valence-corrected chi connectivity index (χ2v) is 8.46. The number of carbonyl (C=O) groups excluding carboxylic acids is 1. The first-order valence-electron chi connectivity index (χ1n) is 10.5. The van der Waals surface area contributed by atoms with Gasteiger partial charge in [0.1, 0.15) is 17.7 Å². The Kier molecular flexibility index (Phi) is 5.84. The SMILES string of the molecule is O=C(NCc1csc(-c2ccccc2)n1)C1CCCN(c2ccc(-n3cncn3)nn2)C1. The summed E-state index contributed by atoms with van der Waals surface area (Å²) in [6, 6.07) is 13.8. The first kappa shape index (κ1) is 20.3. The Labute approximate surface area is 189 Å². The van der Waals surface area contributed by atoms with Crippen LogP contribution in [0.15, 0.2) is 60.5 Å². The maximum atomic E-state index is 12.8. The number of nitrogens with one attached hydrogen (secondary N) is 1. The second-order valence-electron chi connectivity index (χ2n) is 7.60. The van der Waals surface area contributed by atoms with Crippen LogP contribution in [-0.4, -0.2) is 48.9 Å². The van der Waals surface area contributed by atoms with Crippen molar-refractivity contribution in [1.82, 2.24) is 35.3 Å². The molecular weight excluding hydrogens is 424 g/mol. The van der Waals surface area contributed by atoms with E-state index in [4.69, 9.17) is 0 Å².